The monoisotopic (exact) mass is 188 g/mol. The van der Waals surface area contributed by atoms with Crippen molar-refractivity contribution in [2.24, 2.45) is 11.7 Å². The van der Waals surface area contributed by atoms with E-state index in [1.54, 1.807) is 13.8 Å². The van der Waals surface area contributed by atoms with Crippen molar-refractivity contribution in [1.82, 2.24) is 0 Å². The quantitative estimate of drug-likeness (QED) is 0.501. The second-order valence-electron chi connectivity index (χ2n) is 3.90. The Morgan fingerprint density at radius 2 is 2.31 bits per heavy atom. The molecule has 1 rings (SSSR count). The van der Waals surface area contributed by atoms with Crippen LogP contribution in [0.2, 0.25) is 0 Å². The molecule has 74 valence electrons. The third kappa shape index (κ3) is 1.85. The summed E-state index contributed by atoms with van der Waals surface area (Å²) in [6.45, 7) is 3.52. The van der Waals surface area contributed by atoms with E-state index in [-0.39, 0.29) is 24.5 Å². The number of allylic oxidation sites excluding steroid dienone is 1. The van der Waals surface area contributed by atoms with Crippen molar-refractivity contribution in [3.8, 4) is 0 Å². The van der Waals surface area contributed by atoms with Gasteiger partial charge in [-0.15, -0.1) is 0 Å². The minimum atomic E-state index is -0.674. The predicted octanol–water partition coefficient (Wildman–Crippen LogP) is 1.59. The van der Waals surface area contributed by atoms with Crippen LogP contribution in [0.15, 0.2) is 11.5 Å². The fourth-order valence-electron chi connectivity index (χ4n) is 1.41. The van der Waals surface area contributed by atoms with Gasteiger partial charge in [-0.1, -0.05) is 6.92 Å². The highest BCUT2D eigenvalue weighted by Gasteiger charge is 2.39. The van der Waals surface area contributed by atoms with Gasteiger partial charge in [0.25, 0.3) is 5.70 Å². The van der Waals surface area contributed by atoms with E-state index in [4.69, 9.17) is 5.73 Å². The largest absolute Gasteiger partial charge is 0.325 e. The maximum Gasteiger partial charge on any atom is 0.279 e. The van der Waals surface area contributed by atoms with Gasteiger partial charge in [0.15, 0.2) is 5.83 Å². The summed E-state index contributed by atoms with van der Waals surface area (Å²) in [7, 11) is 0. The maximum absolute atomic E-state index is 13.1. The third-order valence-electron chi connectivity index (χ3n) is 2.69. The number of hydrogen-bond acceptors (Lipinski definition) is 3. The van der Waals surface area contributed by atoms with E-state index in [9.17, 15) is 14.5 Å². The molecule has 0 spiro atoms. The number of rotatable bonds is 1. The van der Waals surface area contributed by atoms with Gasteiger partial charge in [0.05, 0.1) is 11.3 Å². The summed E-state index contributed by atoms with van der Waals surface area (Å²) in [4.78, 5) is 9.74. The lowest BCUT2D eigenvalue weighted by Gasteiger charge is -2.33. The lowest BCUT2D eigenvalue weighted by atomic mass is 9.77. The molecule has 2 unspecified atom stereocenters. The Labute approximate surface area is 75.8 Å². The lowest BCUT2D eigenvalue weighted by molar-refractivity contribution is -0.433. The molecule has 0 aromatic carbocycles. The Bertz CT molecular complexity index is 273. The molecule has 0 bridgehead atoms. The van der Waals surface area contributed by atoms with E-state index in [0.29, 0.717) is 0 Å². The molecule has 5 heteroatoms. The first kappa shape index (κ1) is 10.1. The van der Waals surface area contributed by atoms with Crippen molar-refractivity contribution >= 4 is 0 Å². The van der Waals surface area contributed by atoms with Crippen LogP contribution in [0.4, 0.5) is 4.39 Å². The molecule has 2 atom stereocenters. The molecule has 0 aliphatic heterocycles. The number of halogens is 1. The molecule has 1 aliphatic rings. The summed E-state index contributed by atoms with van der Waals surface area (Å²) in [5.41, 5.74) is 4.78. The third-order valence-corrected chi connectivity index (χ3v) is 2.69. The number of nitrogens with zero attached hydrogens (tertiary/aromatic N) is 1. The zero-order valence-corrected chi connectivity index (χ0v) is 7.71. The van der Waals surface area contributed by atoms with Crippen molar-refractivity contribution < 1.29 is 9.31 Å². The Morgan fingerprint density at radius 3 is 2.77 bits per heavy atom. The van der Waals surface area contributed by atoms with Crippen LogP contribution in [0.25, 0.3) is 0 Å². The average Bonchev–Trinajstić information content (AvgIpc) is 1.97. The first-order valence-corrected chi connectivity index (χ1v) is 4.15. The van der Waals surface area contributed by atoms with Gasteiger partial charge in [0.2, 0.25) is 0 Å². The predicted molar refractivity (Wildman–Crippen MR) is 46.1 cm³/mol. The molecule has 0 saturated carbocycles. The van der Waals surface area contributed by atoms with E-state index >= 15 is 0 Å². The average molecular weight is 188 g/mol. The van der Waals surface area contributed by atoms with E-state index < -0.39 is 16.3 Å². The molecule has 0 heterocycles. The minimum Gasteiger partial charge on any atom is -0.325 e. The summed E-state index contributed by atoms with van der Waals surface area (Å²) < 4.78 is 13.1. The molecule has 4 nitrogen and oxygen atoms in total. The normalized spacial score (nSPS) is 34.9. The number of hydrogen-bond donors (Lipinski definition) is 1. The second kappa shape index (κ2) is 3.06. The Kier molecular flexibility index (Phi) is 2.38. The summed E-state index contributed by atoms with van der Waals surface area (Å²) in [5, 5.41) is 10.4. The van der Waals surface area contributed by atoms with Gasteiger partial charge in [-0.3, -0.25) is 10.1 Å². The molecule has 1 aliphatic carbocycles. The molecular formula is C8H13FN2O2. The maximum atomic E-state index is 13.1. The van der Waals surface area contributed by atoms with Crippen molar-refractivity contribution in [2.45, 2.75) is 32.2 Å². The van der Waals surface area contributed by atoms with Gasteiger partial charge in [-0.2, -0.15) is 0 Å². The van der Waals surface area contributed by atoms with Crippen LogP contribution in [-0.2, 0) is 0 Å². The highest BCUT2D eigenvalue weighted by Crippen LogP contribution is 2.35. The fraction of sp³-hybridized carbons (Fsp3) is 0.750. The Balaban J connectivity index is 2.98. The molecule has 0 aromatic heterocycles. The van der Waals surface area contributed by atoms with Crippen molar-refractivity contribution in [3.05, 3.63) is 21.6 Å². The zero-order chi connectivity index (χ0) is 10.2. The molecule has 0 aromatic rings. The molecular weight excluding hydrogens is 175 g/mol. The summed E-state index contributed by atoms with van der Waals surface area (Å²) in [5.74, 6) is -0.684. The van der Waals surface area contributed by atoms with Gasteiger partial charge in [0, 0.05) is 12.0 Å². The van der Waals surface area contributed by atoms with E-state index in [0.717, 1.165) is 0 Å². The van der Waals surface area contributed by atoms with Crippen LogP contribution in [0.1, 0.15) is 26.7 Å². The van der Waals surface area contributed by atoms with Crippen molar-refractivity contribution in [2.75, 3.05) is 0 Å². The van der Waals surface area contributed by atoms with Crippen LogP contribution < -0.4 is 5.73 Å². The first-order chi connectivity index (χ1) is 5.84. The standard InChI is InChI=1S/C8H13FN2O2/c1-5-3-6(9)7(11(12)13)4-8(5,2)10/h5H,3-4,10H2,1-2H3. The highest BCUT2D eigenvalue weighted by atomic mass is 19.1. The molecule has 0 fully saturated rings. The first-order valence-electron chi connectivity index (χ1n) is 4.15. The van der Waals surface area contributed by atoms with Gasteiger partial charge in [0.1, 0.15) is 0 Å². The molecule has 0 radical (unpaired) electrons. The minimum absolute atomic E-state index is 0.00694. The highest BCUT2D eigenvalue weighted by molar-refractivity contribution is 5.12. The van der Waals surface area contributed by atoms with Gasteiger partial charge in [-0.25, -0.2) is 4.39 Å². The Morgan fingerprint density at radius 1 is 1.77 bits per heavy atom. The molecule has 0 amide bonds. The summed E-state index contributed by atoms with van der Waals surface area (Å²) in [6, 6.07) is 0. The SMILES string of the molecule is CC1CC(F)=C([N+](=O)[O-])CC1(C)N. The smallest absolute Gasteiger partial charge is 0.279 e. The van der Waals surface area contributed by atoms with E-state index in [2.05, 4.69) is 0 Å². The van der Waals surface area contributed by atoms with Gasteiger partial charge in [-0.05, 0) is 12.8 Å². The number of nitro groups is 1. The van der Waals surface area contributed by atoms with Crippen molar-refractivity contribution in [1.29, 1.82) is 0 Å². The van der Waals surface area contributed by atoms with Crippen LogP contribution in [0.5, 0.6) is 0 Å². The molecule has 0 saturated heterocycles. The summed E-state index contributed by atoms with van der Waals surface area (Å²) >= 11 is 0. The Hall–Kier alpha value is -0.970. The zero-order valence-electron chi connectivity index (χ0n) is 7.71. The fourth-order valence-corrected chi connectivity index (χ4v) is 1.41. The summed E-state index contributed by atoms with van der Waals surface area (Å²) in [6.07, 6.45) is 0.0797. The van der Waals surface area contributed by atoms with Crippen LogP contribution >= 0.6 is 0 Å². The van der Waals surface area contributed by atoms with Gasteiger partial charge >= 0.3 is 0 Å². The van der Waals surface area contributed by atoms with Gasteiger partial charge < -0.3 is 5.73 Å². The van der Waals surface area contributed by atoms with Crippen LogP contribution in [0, 0.1) is 16.0 Å². The number of nitrogens with two attached hydrogens (primary N) is 1. The molecule has 2 N–H and O–H groups in total. The lowest BCUT2D eigenvalue weighted by Crippen LogP contribution is -2.46. The van der Waals surface area contributed by atoms with Crippen LogP contribution in [0.3, 0.4) is 0 Å². The molecule has 13 heavy (non-hydrogen) atoms. The van der Waals surface area contributed by atoms with E-state index in [1.807, 2.05) is 0 Å². The van der Waals surface area contributed by atoms with E-state index in [1.165, 1.54) is 0 Å². The van der Waals surface area contributed by atoms with Crippen LogP contribution in [-0.4, -0.2) is 10.5 Å². The second-order valence-corrected chi connectivity index (χ2v) is 3.90. The topological polar surface area (TPSA) is 69.2 Å². The van der Waals surface area contributed by atoms with Crippen molar-refractivity contribution in [3.63, 3.8) is 0 Å².